The van der Waals surface area contributed by atoms with Crippen LogP contribution in [0, 0.1) is 5.82 Å². The average Bonchev–Trinajstić information content (AvgIpc) is 2.83. The van der Waals surface area contributed by atoms with Crippen molar-refractivity contribution in [2.24, 2.45) is 0 Å². The lowest BCUT2D eigenvalue weighted by Gasteiger charge is -2.18. The second kappa shape index (κ2) is 9.58. The quantitative estimate of drug-likeness (QED) is 0.402. The molecule has 0 spiro atoms. The molecule has 0 saturated heterocycles. The molecule has 4 aromatic rings. The first kappa shape index (κ1) is 23.3. The number of carbonyl (C=O) groups is 1. The van der Waals surface area contributed by atoms with Gasteiger partial charge in [0.2, 0.25) is 16.1 Å². The number of hydrogen-bond donors (Lipinski definition) is 1. The van der Waals surface area contributed by atoms with Crippen LogP contribution in [0.15, 0.2) is 90.1 Å². The summed E-state index contributed by atoms with van der Waals surface area (Å²) in [7, 11) is -2.37. The summed E-state index contributed by atoms with van der Waals surface area (Å²) in [6.07, 6.45) is 2.09. The molecule has 34 heavy (non-hydrogen) atoms. The lowest BCUT2D eigenvalue weighted by atomic mass is 10.0. The number of fused-ring (bicyclic) bond motifs is 1. The fourth-order valence-corrected chi connectivity index (χ4v) is 4.62. The number of aromatic nitrogens is 1. The van der Waals surface area contributed by atoms with E-state index in [2.05, 4.69) is 4.98 Å². The molecule has 174 valence electrons. The predicted octanol–water partition coefficient (Wildman–Crippen LogP) is 4.40. The number of ether oxygens (including phenoxy) is 1. The summed E-state index contributed by atoms with van der Waals surface area (Å²) in [5.74, 6) is -1.33. The first-order valence-corrected chi connectivity index (χ1v) is 11.7. The standard InChI is InChI=1S/C25H21FN2O5S/c1-28(34(31,32)23-10-6-21(26)7-11-23)16-17-2-8-22(9-3-17)33-24(25(29)30)19-5-4-18-12-13-27-15-20(18)14-19/h2-15,24H,16H2,1H3,(H,29,30). The van der Waals surface area contributed by atoms with E-state index in [1.165, 1.54) is 19.2 Å². The smallest absolute Gasteiger partial charge is 0.349 e. The predicted molar refractivity (Wildman–Crippen MR) is 124 cm³/mol. The summed E-state index contributed by atoms with van der Waals surface area (Å²) in [6, 6.07) is 18.2. The monoisotopic (exact) mass is 480 g/mol. The summed E-state index contributed by atoms with van der Waals surface area (Å²) in [6.45, 7) is 0.0695. The van der Waals surface area contributed by atoms with Gasteiger partial charge in [-0.3, -0.25) is 4.98 Å². The molecule has 1 aromatic heterocycles. The number of aliphatic carboxylic acids is 1. The molecule has 1 unspecified atom stereocenters. The third-order valence-corrected chi connectivity index (χ3v) is 7.11. The molecule has 3 aromatic carbocycles. The van der Waals surface area contributed by atoms with Gasteiger partial charge in [0.05, 0.1) is 4.90 Å². The molecule has 9 heteroatoms. The van der Waals surface area contributed by atoms with Crippen molar-refractivity contribution in [3.05, 3.63) is 102 Å². The highest BCUT2D eigenvalue weighted by molar-refractivity contribution is 7.89. The van der Waals surface area contributed by atoms with Crippen molar-refractivity contribution >= 4 is 26.8 Å². The van der Waals surface area contributed by atoms with E-state index in [-0.39, 0.29) is 11.4 Å². The number of sulfonamides is 1. The van der Waals surface area contributed by atoms with Crippen molar-refractivity contribution in [2.45, 2.75) is 17.5 Å². The molecule has 4 rings (SSSR count). The van der Waals surface area contributed by atoms with Gasteiger partial charge in [-0.1, -0.05) is 24.3 Å². The van der Waals surface area contributed by atoms with E-state index in [4.69, 9.17) is 4.74 Å². The van der Waals surface area contributed by atoms with Gasteiger partial charge in [0.1, 0.15) is 11.6 Å². The maximum absolute atomic E-state index is 13.1. The third-order valence-electron chi connectivity index (χ3n) is 5.30. The SMILES string of the molecule is CN(Cc1ccc(OC(C(=O)O)c2ccc3ccncc3c2)cc1)S(=O)(=O)c1ccc(F)cc1. The molecule has 0 radical (unpaired) electrons. The minimum atomic E-state index is -3.80. The summed E-state index contributed by atoms with van der Waals surface area (Å²) in [5, 5.41) is 11.4. The highest BCUT2D eigenvalue weighted by atomic mass is 32.2. The highest BCUT2D eigenvalue weighted by Gasteiger charge is 2.23. The second-order valence-electron chi connectivity index (χ2n) is 7.68. The van der Waals surface area contributed by atoms with Gasteiger partial charge < -0.3 is 9.84 Å². The van der Waals surface area contributed by atoms with Gasteiger partial charge in [-0.25, -0.2) is 17.6 Å². The molecule has 0 amide bonds. The summed E-state index contributed by atoms with van der Waals surface area (Å²) in [5.41, 5.74) is 1.14. The van der Waals surface area contributed by atoms with Crippen LogP contribution in [-0.4, -0.2) is 35.8 Å². The van der Waals surface area contributed by atoms with Crippen molar-refractivity contribution in [2.75, 3.05) is 7.05 Å². The van der Waals surface area contributed by atoms with E-state index >= 15 is 0 Å². The maximum Gasteiger partial charge on any atom is 0.349 e. The molecule has 0 saturated carbocycles. The fourth-order valence-electron chi connectivity index (χ4n) is 3.47. The Morgan fingerprint density at radius 3 is 2.41 bits per heavy atom. The van der Waals surface area contributed by atoms with Crippen molar-refractivity contribution in [1.29, 1.82) is 0 Å². The first-order chi connectivity index (χ1) is 16.2. The number of hydrogen-bond acceptors (Lipinski definition) is 5. The topological polar surface area (TPSA) is 96.8 Å². The fraction of sp³-hybridized carbons (Fsp3) is 0.120. The summed E-state index contributed by atoms with van der Waals surface area (Å²) >= 11 is 0. The molecule has 0 bridgehead atoms. The number of nitrogens with zero attached hydrogens (tertiary/aromatic N) is 2. The first-order valence-electron chi connectivity index (χ1n) is 10.3. The lowest BCUT2D eigenvalue weighted by molar-refractivity contribution is -0.145. The molecule has 0 aliphatic rings. The zero-order valence-corrected chi connectivity index (χ0v) is 18.9. The Bertz CT molecular complexity index is 1420. The van der Waals surface area contributed by atoms with Crippen LogP contribution in [0.3, 0.4) is 0 Å². The van der Waals surface area contributed by atoms with Crippen molar-refractivity contribution in [1.82, 2.24) is 9.29 Å². The molecular weight excluding hydrogens is 459 g/mol. The van der Waals surface area contributed by atoms with E-state index in [0.29, 0.717) is 16.9 Å². The highest BCUT2D eigenvalue weighted by Crippen LogP contribution is 2.26. The van der Waals surface area contributed by atoms with Crippen LogP contribution in [0.2, 0.25) is 0 Å². The van der Waals surface area contributed by atoms with Crippen molar-refractivity contribution in [3.63, 3.8) is 0 Å². The van der Waals surface area contributed by atoms with Crippen molar-refractivity contribution in [3.8, 4) is 5.75 Å². The zero-order valence-electron chi connectivity index (χ0n) is 18.1. The van der Waals surface area contributed by atoms with Gasteiger partial charge in [-0.2, -0.15) is 4.31 Å². The number of carboxylic acids is 1. The van der Waals surface area contributed by atoms with Crippen molar-refractivity contribution < 1.29 is 27.4 Å². The molecule has 1 N–H and O–H groups in total. The zero-order chi connectivity index (χ0) is 24.3. The molecule has 0 aliphatic carbocycles. The third kappa shape index (κ3) is 5.05. The second-order valence-corrected chi connectivity index (χ2v) is 9.72. The molecule has 7 nitrogen and oxygen atoms in total. The number of pyridine rings is 1. The Hall–Kier alpha value is -3.82. The van der Waals surface area contributed by atoms with Gasteiger partial charge in [0, 0.05) is 36.9 Å². The van der Waals surface area contributed by atoms with Gasteiger partial charge in [0.15, 0.2) is 0 Å². The largest absolute Gasteiger partial charge is 0.478 e. The van der Waals surface area contributed by atoms with E-state index in [1.807, 2.05) is 12.1 Å². The summed E-state index contributed by atoms with van der Waals surface area (Å²) < 4.78 is 45.4. The minimum Gasteiger partial charge on any atom is -0.478 e. The Balaban J connectivity index is 1.48. The number of benzene rings is 3. The molecule has 1 heterocycles. The number of rotatable bonds is 8. The van der Waals surface area contributed by atoms with Crippen LogP contribution < -0.4 is 4.74 Å². The van der Waals surface area contributed by atoms with Gasteiger partial charge in [-0.15, -0.1) is 0 Å². The normalized spacial score (nSPS) is 12.6. The van der Waals surface area contributed by atoms with Crippen LogP contribution in [0.4, 0.5) is 4.39 Å². The Labute approximate surface area is 196 Å². The van der Waals surface area contributed by atoms with Crippen LogP contribution in [0.5, 0.6) is 5.75 Å². The van der Waals surface area contributed by atoms with Crippen LogP contribution in [0.1, 0.15) is 17.2 Å². The number of halogens is 1. The van der Waals surface area contributed by atoms with E-state index in [9.17, 15) is 22.7 Å². The number of carboxylic acid groups (broad SMARTS) is 1. The van der Waals surface area contributed by atoms with E-state index in [0.717, 1.165) is 27.2 Å². The molecule has 0 fully saturated rings. The van der Waals surface area contributed by atoms with Crippen LogP contribution in [0.25, 0.3) is 10.8 Å². The maximum atomic E-state index is 13.1. The Morgan fingerprint density at radius 2 is 1.74 bits per heavy atom. The molecule has 0 aliphatic heterocycles. The Morgan fingerprint density at radius 1 is 1.03 bits per heavy atom. The van der Waals surface area contributed by atoms with E-state index < -0.39 is 27.9 Å². The lowest BCUT2D eigenvalue weighted by Crippen LogP contribution is -2.26. The minimum absolute atomic E-state index is 0.00811. The van der Waals surface area contributed by atoms with Crippen LogP contribution in [-0.2, 0) is 21.4 Å². The molecule has 1 atom stereocenters. The van der Waals surface area contributed by atoms with Crippen LogP contribution >= 0.6 is 0 Å². The van der Waals surface area contributed by atoms with Gasteiger partial charge in [0.25, 0.3) is 0 Å². The molecular formula is C25H21FN2O5S. The Kier molecular flexibility index (Phi) is 6.58. The van der Waals surface area contributed by atoms with Gasteiger partial charge >= 0.3 is 5.97 Å². The summed E-state index contributed by atoms with van der Waals surface area (Å²) in [4.78, 5) is 15.9. The van der Waals surface area contributed by atoms with Gasteiger partial charge in [-0.05, 0) is 59.5 Å². The van der Waals surface area contributed by atoms with E-state index in [1.54, 1.807) is 48.8 Å². The average molecular weight is 481 g/mol.